The van der Waals surface area contributed by atoms with Gasteiger partial charge in [0.25, 0.3) is 0 Å². The number of carbonyl (C=O) groups excluding carboxylic acids is 2. The van der Waals surface area contributed by atoms with Gasteiger partial charge in [-0.3, -0.25) is 4.79 Å². The van der Waals surface area contributed by atoms with Gasteiger partial charge in [0.1, 0.15) is 12.2 Å². The van der Waals surface area contributed by atoms with Crippen LogP contribution in [0.5, 0.6) is 0 Å². The van der Waals surface area contributed by atoms with Crippen LogP contribution in [0.4, 0.5) is 4.79 Å². The van der Waals surface area contributed by atoms with Gasteiger partial charge in [-0.1, -0.05) is 32.1 Å². The van der Waals surface area contributed by atoms with E-state index in [-0.39, 0.29) is 5.91 Å². The van der Waals surface area contributed by atoms with Gasteiger partial charge in [-0.2, -0.15) is 0 Å². The number of nitrogens with one attached hydrogen (secondary N) is 1. The van der Waals surface area contributed by atoms with Crippen LogP contribution in [0.1, 0.15) is 51.1 Å². The van der Waals surface area contributed by atoms with Crippen LogP contribution in [0.3, 0.4) is 0 Å². The van der Waals surface area contributed by atoms with Crippen LogP contribution < -0.4 is 11.1 Å². The zero-order valence-electron chi connectivity index (χ0n) is 17.0. The molecular weight excluding hydrogens is 392 g/mol. The van der Waals surface area contributed by atoms with Crippen molar-refractivity contribution in [3.05, 3.63) is 16.6 Å². The van der Waals surface area contributed by atoms with Gasteiger partial charge in [0.15, 0.2) is 0 Å². The Kier molecular flexibility index (Phi) is 7.85. The molecule has 2 fully saturated rings. The second-order valence-corrected chi connectivity index (χ2v) is 8.82. The molecule has 0 spiro atoms. The summed E-state index contributed by atoms with van der Waals surface area (Å²) in [5.74, 6) is 0.132. The molecule has 0 unspecified atom stereocenters. The van der Waals surface area contributed by atoms with Crippen LogP contribution in [-0.4, -0.2) is 64.4 Å². The Morgan fingerprint density at radius 2 is 2.21 bits per heavy atom. The summed E-state index contributed by atoms with van der Waals surface area (Å²) in [4.78, 5) is 30.4. The predicted octanol–water partition coefficient (Wildman–Crippen LogP) is 1.67. The van der Waals surface area contributed by atoms with Crippen molar-refractivity contribution in [1.29, 1.82) is 0 Å². The van der Waals surface area contributed by atoms with E-state index in [0.29, 0.717) is 31.8 Å². The number of aromatic nitrogens is 1. The number of amides is 2. The Bertz CT molecular complexity index is 665. The molecule has 8 nitrogen and oxygen atoms in total. The van der Waals surface area contributed by atoms with E-state index in [1.165, 1.54) is 30.6 Å². The molecule has 9 heteroatoms. The van der Waals surface area contributed by atoms with E-state index in [1.807, 2.05) is 12.3 Å². The molecule has 3 rings (SSSR count). The van der Waals surface area contributed by atoms with Crippen LogP contribution in [0.25, 0.3) is 0 Å². The number of nitrogens with zero attached hydrogens (tertiary/aromatic N) is 2. The zero-order valence-corrected chi connectivity index (χ0v) is 17.8. The SMILES string of the molecule is CCN1C[C@@H]([C@H](O)[C@H](CC2CCCCC2)NC(=O)[C@@H](N)Cc2cscn2)OC1=O. The lowest BCUT2D eigenvalue weighted by Gasteiger charge is -2.32. The second kappa shape index (κ2) is 10.4. The molecule has 1 aromatic rings. The molecule has 1 saturated carbocycles. The number of likely N-dealkylation sites (N-methyl/N-ethyl adjacent to an activating group) is 1. The fraction of sp³-hybridized carbons (Fsp3) is 0.750. The fourth-order valence-corrected chi connectivity index (χ4v) is 4.81. The third-order valence-electron chi connectivity index (χ3n) is 5.97. The molecule has 1 saturated heterocycles. The normalized spacial score (nSPS) is 23.5. The first-order chi connectivity index (χ1) is 14.0. The minimum Gasteiger partial charge on any atom is -0.441 e. The Hall–Kier alpha value is -1.71. The Morgan fingerprint density at radius 1 is 1.45 bits per heavy atom. The number of thiazole rings is 1. The maximum Gasteiger partial charge on any atom is 0.410 e. The minimum absolute atomic E-state index is 0.311. The summed E-state index contributed by atoms with van der Waals surface area (Å²) >= 11 is 1.46. The van der Waals surface area contributed by atoms with Crippen molar-refractivity contribution in [2.45, 2.75) is 76.2 Å². The van der Waals surface area contributed by atoms with E-state index < -0.39 is 30.4 Å². The van der Waals surface area contributed by atoms with E-state index in [0.717, 1.165) is 18.5 Å². The van der Waals surface area contributed by atoms with Crippen LogP contribution in [0, 0.1) is 5.92 Å². The molecular formula is C20H32N4O4S. The quantitative estimate of drug-likeness (QED) is 0.555. The Balaban J connectivity index is 1.64. The van der Waals surface area contributed by atoms with Crippen LogP contribution in [0.15, 0.2) is 10.9 Å². The monoisotopic (exact) mass is 424 g/mol. The highest BCUT2D eigenvalue weighted by molar-refractivity contribution is 7.07. The molecule has 1 aromatic heterocycles. The lowest BCUT2D eigenvalue weighted by molar-refractivity contribution is -0.124. The van der Waals surface area contributed by atoms with Gasteiger partial charge < -0.3 is 25.8 Å². The van der Waals surface area contributed by atoms with Crippen molar-refractivity contribution >= 4 is 23.3 Å². The first-order valence-electron chi connectivity index (χ1n) is 10.5. The Labute approximate surface area is 175 Å². The van der Waals surface area contributed by atoms with E-state index in [2.05, 4.69) is 10.3 Å². The smallest absolute Gasteiger partial charge is 0.410 e. The third kappa shape index (κ3) is 5.90. The van der Waals surface area contributed by atoms with Crippen LogP contribution in [-0.2, 0) is 16.0 Å². The largest absolute Gasteiger partial charge is 0.441 e. The highest BCUT2D eigenvalue weighted by atomic mass is 32.1. The number of rotatable bonds is 9. The minimum atomic E-state index is -0.965. The van der Waals surface area contributed by atoms with Crippen molar-refractivity contribution in [2.75, 3.05) is 13.1 Å². The third-order valence-corrected chi connectivity index (χ3v) is 6.61. The van der Waals surface area contributed by atoms with Gasteiger partial charge in [0, 0.05) is 18.3 Å². The highest BCUT2D eigenvalue weighted by Crippen LogP contribution is 2.29. The van der Waals surface area contributed by atoms with Gasteiger partial charge in [0.05, 0.1) is 29.8 Å². The number of hydrogen-bond donors (Lipinski definition) is 3. The molecule has 0 bridgehead atoms. The highest BCUT2D eigenvalue weighted by Gasteiger charge is 2.40. The number of ether oxygens (including phenoxy) is 1. The molecule has 2 heterocycles. The molecule has 2 aliphatic rings. The maximum atomic E-state index is 12.7. The second-order valence-electron chi connectivity index (χ2n) is 8.10. The van der Waals surface area contributed by atoms with Crippen LogP contribution >= 0.6 is 11.3 Å². The summed E-state index contributed by atoms with van der Waals surface area (Å²) < 4.78 is 5.37. The van der Waals surface area contributed by atoms with Crippen molar-refractivity contribution < 1.29 is 19.4 Å². The predicted molar refractivity (Wildman–Crippen MR) is 110 cm³/mol. The number of carbonyl (C=O) groups is 2. The van der Waals surface area contributed by atoms with Crippen molar-refractivity contribution in [3.8, 4) is 0 Å². The fourth-order valence-electron chi connectivity index (χ4n) is 4.24. The average molecular weight is 425 g/mol. The topological polar surface area (TPSA) is 118 Å². The van der Waals surface area contributed by atoms with Gasteiger partial charge in [-0.15, -0.1) is 11.3 Å². The number of cyclic esters (lactones) is 1. The summed E-state index contributed by atoms with van der Waals surface area (Å²) in [5.41, 5.74) is 8.58. The summed E-state index contributed by atoms with van der Waals surface area (Å²) in [6.45, 7) is 2.73. The lowest BCUT2D eigenvalue weighted by atomic mass is 9.83. The average Bonchev–Trinajstić information content (AvgIpc) is 3.36. The van der Waals surface area contributed by atoms with Crippen LogP contribution in [0.2, 0.25) is 0 Å². The van der Waals surface area contributed by atoms with Gasteiger partial charge >= 0.3 is 6.09 Å². The molecule has 1 aliphatic heterocycles. The Morgan fingerprint density at radius 3 is 2.83 bits per heavy atom. The number of hydrogen-bond acceptors (Lipinski definition) is 7. The standard InChI is InChI=1S/C20H32N4O4S/c1-2-24-10-17(28-20(24)27)18(25)16(8-13-6-4-3-5-7-13)23-19(26)15(21)9-14-11-29-12-22-14/h11-13,15-18,25H,2-10,21H2,1H3,(H,23,26)/t15-,16-,17-,18+/m0/s1. The van der Waals surface area contributed by atoms with Crippen molar-refractivity contribution in [2.24, 2.45) is 11.7 Å². The van der Waals surface area contributed by atoms with E-state index in [4.69, 9.17) is 10.5 Å². The molecule has 29 heavy (non-hydrogen) atoms. The van der Waals surface area contributed by atoms with Gasteiger partial charge in [0.2, 0.25) is 5.91 Å². The first kappa shape index (κ1) is 22.0. The molecule has 4 N–H and O–H groups in total. The summed E-state index contributed by atoms with van der Waals surface area (Å²) in [7, 11) is 0. The summed E-state index contributed by atoms with van der Waals surface area (Å²) in [6.07, 6.45) is 4.75. The molecule has 0 aromatic carbocycles. The molecule has 0 radical (unpaired) electrons. The number of aliphatic hydroxyl groups is 1. The number of nitrogens with two attached hydrogens (primary N) is 1. The van der Waals surface area contributed by atoms with E-state index in [1.54, 1.807) is 10.4 Å². The first-order valence-corrected chi connectivity index (χ1v) is 11.5. The van der Waals surface area contributed by atoms with Gasteiger partial charge in [-0.05, 0) is 19.3 Å². The van der Waals surface area contributed by atoms with Crippen molar-refractivity contribution in [3.63, 3.8) is 0 Å². The zero-order chi connectivity index (χ0) is 20.8. The summed E-state index contributed by atoms with van der Waals surface area (Å²) in [5, 5.41) is 15.8. The molecule has 2 amide bonds. The number of aliphatic hydroxyl groups excluding tert-OH is 1. The molecule has 4 atom stereocenters. The van der Waals surface area contributed by atoms with E-state index >= 15 is 0 Å². The molecule has 1 aliphatic carbocycles. The maximum absolute atomic E-state index is 12.7. The van der Waals surface area contributed by atoms with Crippen molar-refractivity contribution in [1.82, 2.24) is 15.2 Å². The molecule has 162 valence electrons. The van der Waals surface area contributed by atoms with E-state index in [9.17, 15) is 14.7 Å². The van der Waals surface area contributed by atoms with Gasteiger partial charge in [-0.25, -0.2) is 9.78 Å². The lowest BCUT2D eigenvalue weighted by Crippen LogP contribution is -2.54. The summed E-state index contributed by atoms with van der Waals surface area (Å²) in [6, 6.07) is -1.24.